The van der Waals surface area contributed by atoms with Gasteiger partial charge in [-0.25, -0.2) is 0 Å². The van der Waals surface area contributed by atoms with Crippen LogP contribution >= 0.6 is 11.3 Å². The molecule has 0 N–H and O–H groups in total. The van der Waals surface area contributed by atoms with Gasteiger partial charge in [-0.3, -0.25) is 4.90 Å². The highest BCUT2D eigenvalue weighted by Crippen LogP contribution is 2.45. The summed E-state index contributed by atoms with van der Waals surface area (Å²) in [5.74, 6) is 1.98. The van der Waals surface area contributed by atoms with E-state index in [1.165, 1.54) is 65.2 Å². The number of hydrogen-bond acceptors (Lipinski definition) is 5. The summed E-state index contributed by atoms with van der Waals surface area (Å²) in [7, 11) is 3.55. The third-order valence-electron chi connectivity index (χ3n) is 7.90. The van der Waals surface area contributed by atoms with Gasteiger partial charge >= 0.3 is 0 Å². The maximum absolute atomic E-state index is 5.74. The molecule has 0 aliphatic carbocycles. The Labute approximate surface area is 207 Å². The highest BCUT2D eigenvalue weighted by Gasteiger charge is 2.35. The predicted octanol–water partition coefficient (Wildman–Crippen LogP) is 6.00. The monoisotopic (exact) mass is 474 g/mol. The lowest BCUT2D eigenvalue weighted by Gasteiger charge is -2.41. The highest BCUT2D eigenvalue weighted by atomic mass is 32.1. The summed E-state index contributed by atoms with van der Waals surface area (Å²) in [4.78, 5) is 8.24. The predicted molar refractivity (Wildman–Crippen MR) is 140 cm³/mol. The summed E-state index contributed by atoms with van der Waals surface area (Å²) >= 11 is 2.02. The number of thiophene rings is 1. The smallest absolute Gasteiger partial charge is 0.123 e. The standard InChI is InChI=1S/C29H34N2O2S/c1-32-27-10-11-28(33-2)25-19-31-15-12-29-24(26(31)18-23(25)27)17-22(34-29)16-20-6-8-21(9-7-20)30-13-4-3-5-14-30/h6-11,17,26H,3-5,12-16,18-19H2,1-2H3. The number of anilines is 1. The van der Waals surface area contributed by atoms with Crippen molar-refractivity contribution in [3.8, 4) is 11.5 Å². The molecule has 0 radical (unpaired) electrons. The zero-order chi connectivity index (χ0) is 23.1. The van der Waals surface area contributed by atoms with Crippen LogP contribution in [0.15, 0.2) is 42.5 Å². The maximum Gasteiger partial charge on any atom is 0.123 e. The Kier molecular flexibility index (Phi) is 6.00. The Balaban J connectivity index is 1.23. The van der Waals surface area contributed by atoms with E-state index in [1.807, 2.05) is 17.4 Å². The number of benzene rings is 2. The van der Waals surface area contributed by atoms with Crippen molar-refractivity contribution < 1.29 is 9.47 Å². The Morgan fingerprint density at radius 2 is 1.62 bits per heavy atom. The maximum atomic E-state index is 5.74. The van der Waals surface area contributed by atoms with E-state index in [9.17, 15) is 0 Å². The fourth-order valence-electron chi connectivity index (χ4n) is 6.10. The fourth-order valence-corrected chi connectivity index (χ4v) is 7.34. The molecule has 0 spiro atoms. The molecule has 3 aliphatic heterocycles. The second-order valence-electron chi connectivity index (χ2n) is 9.85. The van der Waals surface area contributed by atoms with E-state index in [0.717, 1.165) is 43.9 Å². The molecule has 4 heterocycles. The first kappa shape index (κ1) is 22.0. The van der Waals surface area contributed by atoms with Crippen LogP contribution in [0.3, 0.4) is 0 Å². The lowest BCUT2D eigenvalue weighted by Crippen LogP contribution is -2.39. The van der Waals surface area contributed by atoms with E-state index in [0.29, 0.717) is 6.04 Å². The molecule has 6 rings (SSSR count). The molecule has 178 valence electrons. The van der Waals surface area contributed by atoms with Crippen LogP contribution in [0.4, 0.5) is 5.69 Å². The van der Waals surface area contributed by atoms with Crippen LogP contribution in [0.25, 0.3) is 0 Å². The minimum absolute atomic E-state index is 0.434. The molecule has 34 heavy (non-hydrogen) atoms. The molecule has 4 nitrogen and oxygen atoms in total. The van der Waals surface area contributed by atoms with Crippen LogP contribution in [0.2, 0.25) is 0 Å². The van der Waals surface area contributed by atoms with Crippen molar-refractivity contribution in [2.45, 2.75) is 51.1 Å². The second-order valence-corrected chi connectivity index (χ2v) is 11.1. The van der Waals surface area contributed by atoms with E-state index in [4.69, 9.17) is 9.47 Å². The summed E-state index contributed by atoms with van der Waals surface area (Å²) in [5, 5.41) is 0. The first-order valence-corrected chi connectivity index (χ1v) is 13.5. The lowest BCUT2D eigenvalue weighted by molar-refractivity contribution is 0.158. The normalized spacial score (nSPS) is 19.8. The minimum atomic E-state index is 0.434. The first-order valence-electron chi connectivity index (χ1n) is 12.7. The van der Waals surface area contributed by atoms with Gasteiger partial charge in [0.2, 0.25) is 0 Å². The average molecular weight is 475 g/mol. The van der Waals surface area contributed by atoms with Gasteiger partial charge in [-0.1, -0.05) is 12.1 Å². The molecule has 1 aromatic heterocycles. The third kappa shape index (κ3) is 3.99. The molecule has 0 amide bonds. The van der Waals surface area contributed by atoms with Crippen LogP contribution in [-0.2, 0) is 25.8 Å². The topological polar surface area (TPSA) is 24.9 Å². The van der Waals surface area contributed by atoms with E-state index in [-0.39, 0.29) is 0 Å². The average Bonchev–Trinajstić information content (AvgIpc) is 3.31. The van der Waals surface area contributed by atoms with Gasteiger partial charge in [-0.05, 0) is 73.6 Å². The third-order valence-corrected chi connectivity index (χ3v) is 9.11. The molecular weight excluding hydrogens is 440 g/mol. The number of nitrogens with zero attached hydrogens (tertiary/aromatic N) is 2. The van der Waals surface area contributed by atoms with Crippen molar-refractivity contribution in [2.75, 3.05) is 38.8 Å². The van der Waals surface area contributed by atoms with Crippen molar-refractivity contribution in [3.63, 3.8) is 0 Å². The summed E-state index contributed by atoms with van der Waals surface area (Å²) < 4.78 is 11.4. The molecule has 0 saturated carbocycles. The van der Waals surface area contributed by atoms with Crippen LogP contribution in [0.5, 0.6) is 11.5 Å². The van der Waals surface area contributed by atoms with Gasteiger partial charge in [-0.15, -0.1) is 11.3 Å². The number of fused-ring (bicyclic) bond motifs is 4. The quantitative estimate of drug-likeness (QED) is 0.453. The number of ether oxygens (including phenoxy) is 2. The Hall–Kier alpha value is -2.50. The van der Waals surface area contributed by atoms with Crippen molar-refractivity contribution in [1.29, 1.82) is 0 Å². The van der Waals surface area contributed by atoms with Crippen LogP contribution in [0.1, 0.15) is 57.3 Å². The molecular formula is C29H34N2O2S. The Bertz CT molecular complexity index is 1160. The fraction of sp³-hybridized carbons (Fsp3) is 0.448. The summed E-state index contributed by atoms with van der Waals surface area (Å²) in [6.07, 6.45) is 7.18. The summed E-state index contributed by atoms with van der Waals surface area (Å²) in [6.45, 7) is 4.45. The highest BCUT2D eigenvalue weighted by molar-refractivity contribution is 7.12. The van der Waals surface area contributed by atoms with Gasteiger partial charge in [0.15, 0.2) is 0 Å². The van der Waals surface area contributed by atoms with Gasteiger partial charge < -0.3 is 14.4 Å². The largest absolute Gasteiger partial charge is 0.496 e. The molecule has 1 atom stereocenters. The van der Waals surface area contributed by atoms with Gasteiger partial charge in [0, 0.05) is 65.2 Å². The number of methoxy groups -OCH3 is 2. The van der Waals surface area contributed by atoms with E-state index in [1.54, 1.807) is 19.1 Å². The van der Waals surface area contributed by atoms with Crippen LogP contribution in [0, 0.1) is 0 Å². The molecule has 1 fully saturated rings. The van der Waals surface area contributed by atoms with Crippen LogP contribution in [-0.4, -0.2) is 38.8 Å². The van der Waals surface area contributed by atoms with Gasteiger partial charge in [0.1, 0.15) is 11.5 Å². The van der Waals surface area contributed by atoms with Crippen molar-refractivity contribution >= 4 is 17.0 Å². The lowest BCUT2D eigenvalue weighted by atomic mass is 9.86. The summed E-state index contributed by atoms with van der Waals surface area (Å²) in [6, 6.07) is 16.4. The van der Waals surface area contributed by atoms with Crippen LogP contribution < -0.4 is 14.4 Å². The first-order chi connectivity index (χ1) is 16.7. The van der Waals surface area contributed by atoms with Crippen molar-refractivity contribution in [3.05, 3.63) is 74.5 Å². The van der Waals surface area contributed by atoms with Gasteiger partial charge in [-0.2, -0.15) is 0 Å². The molecule has 5 heteroatoms. The van der Waals surface area contributed by atoms with Gasteiger partial charge in [0.25, 0.3) is 0 Å². The number of hydrogen-bond donors (Lipinski definition) is 0. The van der Waals surface area contributed by atoms with E-state index >= 15 is 0 Å². The van der Waals surface area contributed by atoms with Crippen molar-refractivity contribution in [1.82, 2.24) is 4.90 Å². The summed E-state index contributed by atoms with van der Waals surface area (Å²) in [5.41, 5.74) is 6.95. The SMILES string of the molecule is COc1ccc(OC)c2c1CC1c3cc(Cc4ccc(N5CCCCC5)cc4)sc3CCN1C2. The number of piperidine rings is 1. The van der Waals surface area contributed by atoms with Crippen molar-refractivity contribution in [2.24, 2.45) is 0 Å². The van der Waals surface area contributed by atoms with Gasteiger partial charge in [0.05, 0.1) is 14.2 Å². The molecule has 3 aliphatic rings. The zero-order valence-electron chi connectivity index (χ0n) is 20.3. The molecule has 0 bridgehead atoms. The molecule has 1 saturated heterocycles. The van der Waals surface area contributed by atoms with E-state index < -0.39 is 0 Å². The Morgan fingerprint density at radius 3 is 2.35 bits per heavy atom. The van der Waals surface area contributed by atoms with E-state index in [2.05, 4.69) is 46.2 Å². The number of rotatable bonds is 5. The molecule has 1 unspecified atom stereocenters. The Morgan fingerprint density at radius 1 is 0.882 bits per heavy atom. The molecule has 2 aromatic carbocycles. The zero-order valence-corrected chi connectivity index (χ0v) is 21.1. The second kappa shape index (κ2) is 9.27. The molecule has 3 aromatic rings. The minimum Gasteiger partial charge on any atom is -0.496 e.